The first-order chi connectivity index (χ1) is 9.16. The Morgan fingerprint density at radius 1 is 1.26 bits per heavy atom. The number of rotatable bonds is 5. The van der Waals surface area contributed by atoms with Gasteiger partial charge in [0.25, 0.3) is 11.6 Å². The molecule has 0 saturated heterocycles. The van der Waals surface area contributed by atoms with Crippen LogP contribution in [-0.2, 0) is 6.42 Å². The number of hydrogen-bond acceptors (Lipinski definition) is 4. The van der Waals surface area contributed by atoms with Crippen molar-refractivity contribution in [3.05, 3.63) is 62.3 Å². The number of benzene rings is 1. The number of nitrogens with zero attached hydrogens (tertiary/aromatic N) is 1. The van der Waals surface area contributed by atoms with E-state index in [0.717, 1.165) is 6.42 Å². The molecule has 98 valence electrons. The van der Waals surface area contributed by atoms with Crippen molar-refractivity contribution in [2.75, 3.05) is 6.54 Å². The van der Waals surface area contributed by atoms with Crippen LogP contribution in [0.5, 0.6) is 0 Å². The summed E-state index contributed by atoms with van der Waals surface area (Å²) in [5.74, 6) is -0.217. The van der Waals surface area contributed by atoms with E-state index in [1.165, 1.54) is 29.8 Å². The van der Waals surface area contributed by atoms with Crippen molar-refractivity contribution in [1.82, 2.24) is 5.32 Å². The summed E-state index contributed by atoms with van der Waals surface area (Å²) in [5.41, 5.74) is 1.60. The van der Waals surface area contributed by atoms with Crippen LogP contribution in [-0.4, -0.2) is 17.4 Å². The van der Waals surface area contributed by atoms with Crippen LogP contribution in [0.2, 0.25) is 0 Å². The van der Waals surface area contributed by atoms with Gasteiger partial charge in [-0.1, -0.05) is 0 Å². The molecule has 0 saturated carbocycles. The third-order valence-electron chi connectivity index (χ3n) is 2.62. The smallest absolute Gasteiger partial charge is 0.269 e. The van der Waals surface area contributed by atoms with Gasteiger partial charge in [-0.25, -0.2) is 0 Å². The number of thiophene rings is 1. The molecule has 2 rings (SSSR count). The highest BCUT2D eigenvalue weighted by Gasteiger charge is 2.08. The lowest BCUT2D eigenvalue weighted by molar-refractivity contribution is -0.384. The summed E-state index contributed by atoms with van der Waals surface area (Å²) in [5, 5.41) is 17.3. The van der Waals surface area contributed by atoms with Gasteiger partial charge in [0.05, 0.1) is 4.92 Å². The molecular weight excluding hydrogens is 264 g/mol. The van der Waals surface area contributed by atoms with Gasteiger partial charge in [-0.15, -0.1) is 0 Å². The number of non-ortho nitro benzene ring substituents is 1. The normalized spacial score (nSPS) is 10.1. The summed E-state index contributed by atoms with van der Waals surface area (Å²) >= 11 is 1.62. The van der Waals surface area contributed by atoms with E-state index >= 15 is 0 Å². The van der Waals surface area contributed by atoms with Crippen LogP contribution in [0, 0.1) is 10.1 Å². The van der Waals surface area contributed by atoms with Gasteiger partial charge in [-0.3, -0.25) is 14.9 Å². The fraction of sp³-hybridized carbons (Fsp3) is 0.154. The number of hydrogen-bond donors (Lipinski definition) is 1. The Bertz CT molecular complexity index is 564. The molecule has 0 aliphatic rings. The molecule has 5 nitrogen and oxygen atoms in total. The van der Waals surface area contributed by atoms with Crippen molar-refractivity contribution in [1.29, 1.82) is 0 Å². The van der Waals surface area contributed by atoms with Crippen LogP contribution in [0.4, 0.5) is 5.69 Å². The minimum Gasteiger partial charge on any atom is -0.352 e. The molecule has 1 amide bonds. The summed E-state index contributed by atoms with van der Waals surface area (Å²) in [6.45, 7) is 0.548. The van der Waals surface area contributed by atoms with Gasteiger partial charge in [0, 0.05) is 24.2 Å². The number of nitro benzene ring substituents is 1. The Labute approximate surface area is 114 Å². The van der Waals surface area contributed by atoms with Crippen molar-refractivity contribution in [2.45, 2.75) is 6.42 Å². The van der Waals surface area contributed by atoms with Gasteiger partial charge < -0.3 is 5.32 Å². The van der Waals surface area contributed by atoms with Crippen LogP contribution in [0.15, 0.2) is 41.1 Å². The molecular formula is C13H12N2O3S. The Morgan fingerprint density at radius 3 is 2.58 bits per heavy atom. The number of nitro groups is 1. The Kier molecular flexibility index (Phi) is 4.25. The second kappa shape index (κ2) is 6.10. The molecule has 1 aromatic carbocycles. The molecule has 19 heavy (non-hydrogen) atoms. The first-order valence-corrected chi connectivity index (χ1v) is 6.65. The first-order valence-electron chi connectivity index (χ1n) is 5.70. The lowest BCUT2D eigenvalue weighted by Crippen LogP contribution is -2.25. The van der Waals surface area contributed by atoms with Gasteiger partial charge in [0.2, 0.25) is 0 Å². The van der Waals surface area contributed by atoms with Gasteiger partial charge in [-0.2, -0.15) is 11.3 Å². The van der Waals surface area contributed by atoms with E-state index in [1.54, 1.807) is 11.3 Å². The second-order valence-electron chi connectivity index (χ2n) is 3.94. The van der Waals surface area contributed by atoms with Crippen LogP contribution in [0.25, 0.3) is 0 Å². The van der Waals surface area contributed by atoms with Gasteiger partial charge in [-0.05, 0) is 40.9 Å². The fourth-order valence-corrected chi connectivity index (χ4v) is 2.29. The number of amides is 1. The predicted molar refractivity (Wildman–Crippen MR) is 73.5 cm³/mol. The van der Waals surface area contributed by atoms with Crippen molar-refractivity contribution in [3.63, 3.8) is 0 Å². The Hall–Kier alpha value is -2.21. The van der Waals surface area contributed by atoms with Crippen molar-refractivity contribution >= 4 is 22.9 Å². The third-order valence-corrected chi connectivity index (χ3v) is 3.35. The SMILES string of the molecule is O=C(NCCc1ccsc1)c1ccc([N+](=O)[O-])cc1. The Morgan fingerprint density at radius 2 is 2.00 bits per heavy atom. The van der Waals surface area contributed by atoms with Crippen LogP contribution >= 0.6 is 11.3 Å². The zero-order valence-corrected chi connectivity index (χ0v) is 10.9. The summed E-state index contributed by atoms with van der Waals surface area (Å²) < 4.78 is 0. The monoisotopic (exact) mass is 276 g/mol. The molecule has 6 heteroatoms. The molecule has 0 spiro atoms. The summed E-state index contributed by atoms with van der Waals surface area (Å²) in [7, 11) is 0. The summed E-state index contributed by atoms with van der Waals surface area (Å²) in [6, 6.07) is 7.58. The molecule has 0 unspecified atom stereocenters. The van der Waals surface area contributed by atoms with Crippen molar-refractivity contribution < 1.29 is 9.72 Å². The lowest BCUT2D eigenvalue weighted by Gasteiger charge is -2.04. The average Bonchev–Trinajstić information content (AvgIpc) is 2.92. The minimum atomic E-state index is -0.488. The maximum atomic E-state index is 11.8. The van der Waals surface area contributed by atoms with Crippen molar-refractivity contribution in [2.24, 2.45) is 0 Å². The standard InChI is InChI=1S/C13H12N2O3S/c16-13(14-7-5-10-6-8-19-9-10)11-1-3-12(4-2-11)15(17)18/h1-4,6,8-9H,5,7H2,(H,14,16). The van der Waals surface area contributed by atoms with E-state index in [-0.39, 0.29) is 11.6 Å². The molecule has 1 N–H and O–H groups in total. The van der Waals surface area contributed by atoms with E-state index in [9.17, 15) is 14.9 Å². The third kappa shape index (κ3) is 3.62. The summed E-state index contributed by atoms with van der Waals surface area (Å²) in [4.78, 5) is 21.8. The van der Waals surface area contributed by atoms with Gasteiger partial charge in [0.15, 0.2) is 0 Å². The molecule has 0 bridgehead atoms. The molecule has 0 atom stereocenters. The van der Waals surface area contributed by atoms with E-state index < -0.39 is 4.92 Å². The molecule has 0 aliphatic carbocycles. The van der Waals surface area contributed by atoms with Crippen molar-refractivity contribution in [3.8, 4) is 0 Å². The molecule has 2 aromatic rings. The topological polar surface area (TPSA) is 72.2 Å². The average molecular weight is 276 g/mol. The largest absolute Gasteiger partial charge is 0.352 e. The summed E-state index contributed by atoms with van der Waals surface area (Å²) in [6.07, 6.45) is 0.780. The molecule has 1 aromatic heterocycles. The number of carbonyl (C=O) groups is 1. The van der Waals surface area contributed by atoms with Crippen LogP contribution in [0.3, 0.4) is 0 Å². The minimum absolute atomic E-state index is 0.0187. The molecule has 0 radical (unpaired) electrons. The first kappa shape index (κ1) is 13.2. The van der Waals surface area contributed by atoms with Crippen LogP contribution in [0.1, 0.15) is 15.9 Å². The Balaban J connectivity index is 1.87. The molecule has 0 fully saturated rings. The van der Waals surface area contributed by atoms with E-state index in [1.807, 2.05) is 16.8 Å². The fourth-order valence-electron chi connectivity index (χ4n) is 1.59. The highest BCUT2D eigenvalue weighted by Crippen LogP contribution is 2.11. The van der Waals surface area contributed by atoms with Crippen LogP contribution < -0.4 is 5.32 Å². The quantitative estimate of drug-likeness (QED) is 0.674. The van der Waals surface area contributed by atoms with E-state index in [0.29, 0.717) is 12.1 Å². The van der Waals surface area contributed by atoms with E-state index in [2.05, 4.69) is 5.32 Å². The second-order valence-corrected chi connectivity index (χ2v) is 4.72. The lowest BCUT2D eigenvalue weighted by atomic mass is 10.2. The zero-order chi connectivity index (χ0) is 13.7. The molecule has 0 aliphatic heterocycles. The van der Waals surface area contributed by atoms with Gasteiger partial charge in [0.1, 0.15) is 0 Å². The highest BCUT2D eigenvalue weighted by molar-refractivity contribution is 7.07. The maximum Gasteiger partial charge on any atom is 0.269 e. The number of carbonyl (C=O) groups excluding carboxylic acids is 1. The number of nitrogens with one attached hydrogen (secondary N) is 1. The maximum absolute atomic E-state index is 11.8. The van der Waals surface area contributed by atoms with Gasteiger partial charge >= 0.3 is 0 Å². The highest BCUT2D eigenvalue weighted by atomic mass is 32.1. The predicted octanol–water partition coefficient (Wildman–Crippen LogP) is 2.63. The molecule has 1 heterocycles. The zero-order valence-electron chi connectivity index (χ0n) is 10.0. The van der Waals surface area contributed by atoms with E-state index in [4.69, 9.17) is 0 Å².